The van der Waals surface area contributed by atoms with Crippen LogP contribution >= 0.6 is 7.75 Å². The van der Waals surface area contributed by atoms with E-state index >= 15 is 0 Å². The van der Waals surface area contributed by atoms with E-state index in [4.69, 9.17) is 9.79 Å². The number of nitrogens with zero attached hydrogens (tertiary/aromatic N) is 1. The van der Waals surface area contributed by atoms with Crippen molar-refractivity contribution < 1.29 is 14.4 Å². The maximum absolute atomic E-state index is 10.7. The molecule has 0 aliphatic carbocycles. The average molecular weight is 468 g/mol. The lowest BCUT2D eigenvalue weighted by molar-refractivity contribution is 0.320. The summed E-state index contributed by atoms with van der Waals surface area (Å²) < 4.78 is 10.7. The van der Waals surface area contributed by atoms with Crippen LogP contribution in [0, 0.1) is 0 Å². The van der Waals surface area contributed by atoms with Crippen LogP contribution in [0.2, 0.25) is 0 Å². The smallest absolute Gasteiger partial charge is 0.315 e. The molecule has 0 atom stereocenters. The molecule has 7 heteroatoms. The molecule has 0 saturated carbocycles. The zero-order valence-corrected chi connectivity index (χ0v) is 21.1. The second kappa shape index (κ2) is 22.9. The van der Waals surface area contributed by atoms with Crippen molar-refractivity contribution in [3.05, 3.63) is 60.8 Å². The molecule has 0 fully saturated rings. The molecule has 0 rings (SSSR count). The first-order chi connectivity index (χ1) is 15.5. The minimum absolute atomic E-state index is 0.286. The van der Waals surface area contributed by atoms with Crippen LogP contribution in [-0.2, 0) is 4.57 Å². The van der Waals surface area contributed by atoms with E-state index in [1.165, 1.54) is 6.42 Å². The monoisotopic (exact) mass is 467 g/mol. The van der Waals surface area contributed by atoms with Crippen molar-refractivity contribution in [2.24, 2.45) is 0 Å². The summed E-state index contributed by atoms with van der Waals surface area (Å²) in [5.41, 5.74) is 0. The number of allylic oxidation sites excluding steroid dienone is 10. The molecule has 0 aromatic rings. The zero-order valence-electron chi connectivity index (χ0n) is 20.2. The fourth-order valence-corrected chi connectivity index (χ4v) is 3.17. The Bertz CT molecular complexity index is 610. The van der Waals surface area contributed by atoms with E-state index < -0.39 is 7.75 Å². The Morgan fingerprint density at radius 3 is 1.75 bits per heavy atom. The van der Waals surface area contributed by atoms with E-state index in [1.807, 2.05) is 11.9 Å². The summed E-state index contributed by atoms with van der Waals surface area (Å²) in [7, 11) is -2.15. The van der Waals surface area contributed by atoms with Crippen LogP contribution < -0.4 is 10.4 Å². The fraction of sp³-hybridized carbons (Fsp3) is 0.600. The molecule has 32 heavy (non-hydrogen) atoms. The van der Waals surface area contributed by atoms with Crippen LogP contribution in [0.1, 0.15) is 58.3 Å². The molecule has 6 nitrogen and oxygen atoms in total. The third-order valence-corrected chi connectivity index (χ3v) is 5.25. The quantitative estimate of drug-likeness (QED) is 0.107. The van der Waals surface area contributed by atoms with Gasteiger partial charge in [0.1, 0.15) is 0 Å². The van der Waals surface area contributed by atoms with Crippen LogP contribution in [-0.4, -0.2) is 54.5 Å². The van der Waals surface area contributed by atoms with Gasteiger partial charge in [0.25, 0.3) is 0 Å². The summed E-state index contributed by atoms with van der Waals surface area (Å²) in [4.78, 5) is 19.5. The largest absolute Gasteiger partial charge is 0.400 e. The molecule has 0 saturated heterocycles. The highest BCUT2D eigenvalue weighted by molar-refractivity contribution is 7.49. The van der Waals surface area contributed by atoms with Gasteiger partial charge < -0.3 is 20.0 Å². The molecular weight excluding hydrogens is 421 g/mol. The molecule has 0 aliphatic rings. The third-order valence-electron chi connectivity index (χ3n) is 4.61. The van der Waals surface area contributed by atoms with E-state index in [-0.39, 0.29) is 6.54 Å². The molecule has 0 radical (unpaired) electrons. The Morgan fingerprint density at radius 2 is 1.22 bits per heavy atom. The highest BCUT2D eigenvalue weighted by Crippen LogP contribution is 2.27. The van der Waals surface area contributed by atoms with E-state index in [2.05, 4.69) is 78.1 Å². The fourth-order valence-electron chi connectivity index (χ4n) is 2.77. The molecule has 0 spiro atoms. The minimum Gasteiger partial charge on any atom is -0.315 e. The summed E-state index contributed by atoms with van der Waals surface area (Å²) >= 11 is 0. The summed E-state index contributed by atoms with van der Waals surface area (Å²) in [5, 5.41) is 5.62. The summed E-state index contributed by atoms with van der Waals surface area (Å²) in [6, 6.07) is 0. The van der Waals surface area contributed by atoms with Gasteiger partial charge in [-0.2, -0.15) is 0 Å². The second-order valence-corrected chi connectivity index (χ2v) is 9.11. The third kappa shape index (κ3) is 26.8. The maximum atomic E-state index is 10.7. The van der Waals surface area contributed by atoms with Crippen LogP contribution in [0.5, 0.6) is 0 Å². The van der Waals surface area contributed by atoms with Crippen molar-refractivity contribution in [2.75, 3.05) is 39.8 Å². The van der Waals surface area contributed by atoms with Gasteiger partial charge in [0.15, 0.2) is 0 Å². The number of nitrogens with one attached hydrogen (secondary N) is 2. The van der Waals surface area contributed by atoms with E-state index in [9.17, 15) is 4.57 Å². The standard InChI is InChI=1S/C25H46N3O3P/c1-3-4-5-6-7-8-9-10-11-12-13-14-15-16-17-18-19-20-21-26-22-24-28(2)25-23-27-32(29,30)31/h4-5,7-8,10-11,13-14,16-17,26H,3,6,9,12,15,18-25H2,1-2H3,(H3,27,29,30,31)/b5-4-,8-7?,11-10?,14-13-,17-16-. The predicted molar refractivity (Wildman–Crippen MR) is 139 cm³/mol. The first-order valence-corrected chi connectivity index (χ1v) is 13.5. The summed E-state index contributed by atoms with van der Waals surface area (Å²) in [5.74, 6) is 0. The number of rotatable bonds is 21. The highest BCUT2D eigenvalue weighted by Gasteiger charge is 2.10. The first kappa shape index (κ1) is 30.7. The Labute approximate surface area is 196 Å². The molecule has 0 aromatic carbocycles. The number of unbranched alkanes of at least 4 members (excludes halogenated alkanes) is 2. The Morgan fingerprint density at radius 1 is 0.719 bits per heavy atom. The van der Waals surface area contributed by atoms with Gasteiger partial charge in [-0.25, -0.2) is 9.65 Å². The molecule has 0 heterocycles. The molecule has 0 aliphatic heterocycles. The Balaban J connectivity index is 3.44. The molecular formula is C25H46N3O3P. The average Bonchev–Trinajstić information content (AvgIpc) is 2.74. The van der Waals surface area contributed by atoms with Gasteiger partial charge in [-0.05, 0) is 65.0 Å². The van der Waals surface area contributed by atoms with Crippen LogP contribution in [0.15, 0.2) is 60.8 Å². The second-order valence-electron chi connectivity index (χ2n) is 7.71. The number of hydrogen-bond acceptors (Lipinski definition) is 3. The van der Waals surface area contributed by atoms with Crippen molar-refractivity contribution in [2.45, 2.75) is 58.3 Å². The molecule has 184 valence electrons. The number of likely N-dealkylation sites (N-methyl/N-ethyl adjacent to an activating group) is 1. The lowest BCUT2D eigenvalue weighted by Crippen LogP contribution is -2.33. The van der Waals surface area contributed by atoms with Gasteiger partial charge in [-0.15, -0.1) is 0 Å². The Hall–Kier alpha value is -1.27. The lowest BCUT2D eigenvalue weighted by atomic mass is 10.2. The normalized spacial score (nSPS) is 13.4. The van der Waals surface area contributed by atoms with Crippen LogP contribution in [0.4, 0.5) is 0 Å². The molecule has 4 N–H and O–H groups in total. The first-order valence-electron chi connectivity index (χ1n) is 11.9. The molecule has 0 amide bonds. The van der Waals surface area contributed by atoms with Crippen LogP contribution in [0.3, 0.4) is 0 Å². The van der Waals surface area contributed by atoms with Gasteiger partial charge in [-0.1, -0.05) is 67.7 Å². The van der Waals surface area contributed by atoms with Gasteiger partial charge >= 0.3 is 7.75 Å². The summed E-state index contributed by atoms with van der Waals surface area (Å²) in [6.07, 6.45) is 30.8. The lowest BCUT2D eigenvalue weighted by Gasteiger charge is -2.17. The topological polar surface area (TPSA) is 84.8 Å². The molecule has 0 unspecified atom stereocenters. The van der Waals surface area contributed by atoms with E-state index in [1.54, 1.807) is 0 Å². The van der Waals surface area contributed by atoms with Gasteiger partial charge in [0.05, 0.1) is 0 Å². The molecule has 0 aromatic heterocycles. The maximum Gasteiger partial charge on any atom is 0.400 e. The van der Waals surface area contributed by atoms with Crippen molar-refractivity contribution >= 4 is 7.75 Å². The van der Waals surface area contributed by atoms with Crippen LogP contribution in [0.25, 0.3) is 0 Å². The highest BCUT2D eigenvalue weighted by atomic mass is 31.2. The van der Waals surface area contributed by atoms with Crippen molar-refractivity contribution in [1.29, 1.82) is 0 Å². The SMILES string of the molecule is CC/C=C\CC=CCC=CC/C=C\C/C=C\CCCCNCCN(C)CCNP(=O)(O)O. The Kier molecular flexibility index (Phi) is 22.0. The summed E-state index contributed by atoms with van der Waals surface area (Å²) in [6.45, 7) is 5.79. The van der Waals surface area contributed by atoms with Gasteiger partial charge in [-0.3, -0.25) is 0 Å². The van der Waals surface area contributed by atoms with Gasteiger partial charge in [0.2, 0.25) is 0 Å². The zero-order chi connectivity index (χ0) is 23.8. The van der Waals surface area contributed by atoms with Crippen molar-refractivity contribution in [1.82, 2.24) is 15.3 Å². The van der Waals surface area contributed by atoms with Crippen molar-refractivity contribution in [3.63, 3.8) is 0 Å². The van der Waals surface area contributed by atoms with E-state index in [0.29, 0.717) is 6.54 Å². The van der Waals surface area contributed by atoms with E-state index in [0.717, 1.165) is 64.6 Å². The number of hydrogen-bond donors (Lipinski definition) is 4. The van der Waals surface area contributed by atoms with Crippen molar-refractivity contribution in [3.8, 4) is 0 Å². The van der Waals surface area contributed by atoms with Gasteiger partial charge in [0, 0.05) is 26.2 Å². The minimum atomic E-state index is -4.10. The molecule has 0 bridgehead atoms. The predicted octanol–water partition coefficient (Wildman–Crippen LogP) is 5.11.